The van der Waals surface area contributed by atoms with Crippen LogP contribution in [0.1, 0.15) is 20.8 Å². The maximum absolute atomic E-state index is 11.5. The van der Waals surface area contributed by atoms with Crippen LogP contribution in [0.3, 0.4) is 0 Å². The summed E-state index contributed by atoms with van der Waals surface area (Å²) >= 11 is 3.33. The standard InChI is InChI=1S/C12H9BrN2O3/c1-18-12(17)10-6-14-15(11(10)7-16)9-4-2-3-8(13)5-9/h2-7H,1H3. The molecule has 92 valence electrons. The molecule has 0 aliphatic heterocycles. The van der Waals surface area contributed by atoms with Crippen molar-refractivity contribution in [1.29, 1.82) is 0 Å². The van der Waals surface area contributed by atoms with Crippen LogP contribution in [0.25, 0.3) is 5.69 Å². The highest BCUT2D eigenvalue weighted by Gasteiger charge is 2.18. The normalized spacial score (nSPS) is 10.1. The van der Waals surface area contributed by atoms with Crippen molar-refractivity contribution >= 4 is 28.2 Å². The van der Waals surface area contributed by atoms with E-state index in [1.165, 1.54) is 18.0 Å². The first-order chi connectivity index (χ1) is 8.67. The maximum atomic E-state index is 11.5. The van der Waals surface area contributed by atoms with Crippen LogP contribution in [-0.4, -0.2) is 29.1 Å². The molecule has 0 unspecified atom stereocenters. The second-order valence-electron chi connectivity index (χ2n) is 3.44. The zero-order valence-corrected chi connectivity index (χ0v) is 11.0. The number of halogens is 1. The highest BCUT2D eigenvalue weighted by atomic mass is 79.9. The van der Waals surface area contributed by atoms with Crippen molar-refractivity contribution in [1.82, 2.24) is 9.78 Å². The van der Waals surface area contributed by atoms with Crippen LogP contribution < -0.4 is 0 Å². The van der Waals surface area contributed by atoms with Crippen molar-refractivity contribution in [3.8, 4) is 5.69 Å². The number of carbonyl (C=O) groups excluding carboxylic acids is 2. The molecule has 1 aromatic heterocycles. The molecule has 0 amide bonds. The van der Waals surface area contributed by atoms with Gasteiger partial charge in [-0.3, -0.25) is 4.79 Å². The second kappa shape index (κ2) is 5.14. The van der Waals surface area contributed by atoms with Gasteiger partial charge in [0.15, 0.2) is 6.29 Å². The molecule has 0 saturated heterocycles. The van der Waals surface area contributed by atoms with Gasteiger partial charge >= 0.3 is 5.97 Å². The molecular formula is C12H9BrN2O3. The van der Waals surface area contributed by atoms with Gasteiger partial charge in [-0.2, -0.15) is 5.10 Å². The Balaban J connectivity index is 2.56. The molecule has 0 aliphatic carbocycles. The molecule has 0 fully saturated rings. The van der Waals surface area contributed by atoms with E-state index in [0.29, 0.717) is 12.0 Å². The Morgan fingerprint density at radius 1 is 1.50 bits per heavy atom. The summed E-state index contributed by atoms with van der Waals surface area (Å²) in [6, 6.07) is 7.25. The predicted molar refractivity (Wildman–Crippen MR) is 68.0 cm³/mol. The number of carbonyl (C=O) groups is 2. The van der Waals surface area contributed by atoms with Crippen LogP contribution in [0.15, 0.2) is 34.9 Å². The molecule has 0 saturated carbocycles. The summed E-state index contributed by atoms with van der Waals surface area (Å²) in [5.41, 5.74) is 0.994. The van der Waals surface area contributed by atoms with E-state index in [-0.39, 0.29) is 11.3 Å². The summed E-state index contributed by atoms with van der Waals surface area (Å²) in [6.45, 7) is 0. The maximum Gasteiger partial charge on any atom is 0.341 e. The van der Waals surface area contributed by atoms with Gasteiger partial charge in [0.2, 0.25) is 0 Å². The topological polar surface area (TPSA) is 61.2 Å². The molecule has 0 radical (unpaired) electrons. The van der Waals surface area contributed by atoms with E-state index in [1.54, 1.807) is 12.1 Å². The third-order valence-corrected chi connectivity index (χ3v) is 2.87. The minimum atomic E-state index is -0.585. The van der Waals surface area contributed by atoms with Gasteiger partial charge in [-0.15, -0.1) is 0 Å². The Kier molecular flexibility index (Phi) is 3.57. The van der Waals surface area contributed by atoms with Gasteiger partial charge in [-0.05, 0) is 18.2 Å². The Bertz CT molecular complexity index is 607. The number of nitrogens with zero attached hydrogens (tertiary/aromatic N) is 2. The monoisotopic (exact) mass is 308 g/mol. The van der Waals surface area contributed by atoms with Crippen molar-refractivity contribution in [3.05, 3.63) is 46.2 Å². The van der Waals surface area contributed by atoms with Crippen molar-refractivity contribution in [2.75, 3.05) is 7.11 Å². The molecule has 2 rings (SSSR count). The van der Waals surface area contributed by atoms with E-state index < -0.39 is 5.97 Å². The van der Waals surface area contributed by atoms with Gasteiger partial charge < -0.3 is 4.74 Å². The molecule has 1 aromatic carbocycles. The smallest absolute Gasteiger partial charge is 0.341 e. The molecule has 0 aliphatic rings. The fourth-order valence-electron chi connectivity index (χ4n) is 1.55. The van der Waals surface area contributed by atoms with Crippen LogP contribution in [-0.2, 0) is 4.74 Å². The number of benzene rings is 1. The number of ether oxygens (including phenoxy) is 1. The van der Waals surface area contributed by atoms with Gasteiger partial charge in [-0.25, -0.2) is 9.48 Å². The Morgan fingerprint density at radius 2 is 2.28 bits per heavy atom. The van der Waals surface area contributed by atoms with Gasteiger partial charge in [0, 0.05) is 4.47 Å². The summed E-state index contributed by atoms with van der Waals surface area (Å²) in [5, 5.41) is 4.03. The van der Waals surface area contributed by atoms with Gasteiger partial charge in [0.05, 0.1) is 19.0 Å². The van der Waals surface area contributed by atoms with Gasteiger partial charge in [-0.1, -0.05) is 22.0 Å². The number of aldehydes is 1. The lowest BCUT2D eigenvalue weighted by molar-refractivity contribution is 0.0598. The Hall–Kier alpha value is -1.95. The fraction of sp³-hybridized carbons (Fsp3) is 0.0833. The first-order valence-electron chi connectivity index (χ1n) is 5.05. The van der Waals surface area contributed by atoms with E-state index in [0.717, 1.165) is 4.47 Å². The SMILES string of the molecule is COC(=O)c1cnn(-c2cccc(Br)c2)c1C=O. The molecule has 0 bridgehead atoms. The summed E-state index contributed by atoms with van der Waals surface area (Å²) in [5.74, 6) is -0.585. The van der Waals surface area contributed by atoms with Crippen LogP contribution in [0.2, 0.25) is 0 Å². The molecule has 0 atom stereocenters. The molecular weight excluding hydrogens is 300 g/mol. The molecule has 6 heteroatoms. The lowest BCUT2D eigenvalue weighted by Crippen LogP contribution is -2.07. The third kappa shape index (κ3) is 2.19. The van der Waals surface area contributed by atoms with E-state index in [2.05, 4.69) is 25.8 Å². The van der Waals surface area contributed by atoms with Crippen molar-refractivity contribution < 1.29 is 14.3 Å². The predicted octanol–water partition coefficient (Wildman–Crippen LogP) is 2.23. The lowest BCUT2D eigenvalue weighted by Gasteiger charge is -2.04. The van der Waals surface area contributed by atoms with Crippen LogP contribution in [0.5, 0.6) is 0 Å². The molecule has 18 heavy (non-hydrogen) atoms. The van der Waals surface area contributed by atoms with Crippen molar-refractivity contribution in [3.63, 3.8) is 0 Å². The molecule has 0 N–H and O–H groups in total. The number of hydrogen-bond donors (Lipinski definition) is 0. The zero-order chi connectivity index (χ0) is 13.1. The molecule has 0 spiro atoms. The highest BCUT2D eigenvalue weighted by molar-refractivity contribution is 9.10. The number of hydrogen-bond acceptors (Lipinski definition) is 4. The summed E-state index contributed by atoms with van der Waals surface area (Å²) in [7, 11) is 1.26. The highest BCUT2D eigenvalue weighted by Crippen LogP contribution is 2.18. The summed E-state index contributed by atoms with van der Waals surface area (Å²) in [6.07, 6.45) is 1.90. The molecule has 5 nitrogen and oxygen atoms in total. The minimum absolute atomic E-state index is 0.146. The number of rotatable bonds is 3. The zero-order valence-electron chi connectivity index (χ0n) is 9.46. The summed E-state index contributed by atoms with van der Waals surface area (Å²) < 4.78 is 6.84. The molecule has 2 aromatic rings. The van der Waals surface area contributed by atoms with E-state index >= 15 is 0 Å². The minimum Gasteiger partial charge on any atom is -0.465 e. The number of esters is 1. The van der Waals surface area contributed by atoms with Gasteiger partial charge in [0.1, 0.15) is 11.3 Å². The lowest BCUT2D eigenvalue weighted by atomic mass is 10.2. The fourth-order valence-corrected chi connectivity index (χ4v) is 1.94. The first-order valence-corrected chi connectivity index (χ1v) is 5.84. The average Bonchev–Trinajstić information content (AvgIpc) is 2.81. The van der Waals surface area contributed by atoms with Crippen molar-refractivity contribution in [2.45, 2.75) is 0 Å². The largest absolute Gasteiger partial charge is 0.465 e. The second-order valence-corrected chi connectivity index (χ2v) is 4.36. The van der Waals surface area contributed by atoms with Crippen LogP contribution in [0.4, 0.5) is 0 Å². The Morgan fingerprint density at radius 3 is 2.89 bits per heavy atom. The number of aromatic nitrogens is 2. The van der Waals surface area contributed by atoms with Gasteiger partial charge in [0.25, 0.3) is 0 Å². The van der Waals surface area contributed by atoms with E-state index in [1.807, 2.05) is 12.1 Å². The summed E-state index contributed by atoms with van der Waals surface area (Å²) in [4.78, 5) is 22.6. The van der Waals surface area contributed by atoms with Crippen LogP contribution in [0, 0.1) is 0 Å². The first kappa shape index (κ1) is 12.5. The van der Waals surface area contributed by atoms with E-state index in [4.69, 9.17) is 0 Å². The third-order valence-electron chi connectivity index (χ3n) is 2.38. The quantitative estimate of drug-likeness (QED) is 0.644. The molecule has 1 heterocycles. The average molecular weight is 309 g/mol. The van der Waals surface area contributed by atoms with Crippen molar-refractivity contribution in [2.24, 2.45) is 0 Å². The number of methoxy groups -OCH3 is 1. The van der Waals surface area contributed by atoms with E-state index in [9.17, 15) is 9.59 Å². The Labute approximate surface area is 111 Å². The van der Waals surface area contributed by atoms with Crippen LogP contribution >= 0.6 is 15.9 Å².